The van der Waals surface area contributed by atoms with Crippen LogP contribution >= 0.6 is 0 Å². The number of benzene rings is 2. The highest BCUT2D eigenvalue weighted by atomic mass is 15.3. The van der Waals surface area contributed by atoms with E-state index in [1.54, 1.807) is 0 Å². The Kier molecular flexibility index (Phi) is 5.87. The summed E-state index contributed by atoms with van der Waals surface area (Å²) in [6.07, 6.45) is 6.22. The molecule has 0 radical (unpaired) electrons. The lowest BCUT2D eigenvalue weighted by Crippen LogP contribution is -2.47. The van der Waals surface area contributed by atoms with Crippen molar-refractivity contribution < 1.29 is 0 Å². The summed E-state index contributed by atoms with van der Waals surface area (Å²) >= 11 is 0. The third kappa shape index (κ3) is 4.37. The maximum Gasteiger partial charge on any atom is 0.128 e. The van der Waals surface area contributed by atoms with E-state index in [-0.39, 0.29) is 0 Å². The van der Waals surface area contributed by atoms with Crippen LogP contribution < -0.4 is 4.90 Å². The van der Waals surface area contributed by atoms with Crippen LogP contribution in [0, 0.1) is 11.3 Å². The molecule has 0 amide bonds. The maximum absolute atomic E-state index is 9.17. The van der Waals surface area contributed by atoms with Gasteiger partial charge in [0.15, 0.2) is 0 Å². The number of nitrogens with zero attached hydrogens (tertiary/aromatic N) is 4. The molecule has 5 nitrogen and oxygen atoms in total. The Hall–Kier alpha value is -3.62. The van der Waals surface area contributed by atoms with Crippen LogP contribution in [-0.4, -0.2) is 47.6 Å². The van der Waals surface area contributed by atoms with Crippen molar-refractivity contribution >= 4 is 16.7 Å². The summed E-state index contributed by atoms with van der Waals surface area (Å²) < 4.78 is 0. The van der Waals surface area contributed by atoms with Gasteiger partial charge in [0.1, 0.15) is 5.82 Å². The predicted molar refractivity (Wildman–Crippen MR) is 130 cm³/mol. The fourth-order valence-corrected chi connectivity index (χ4v) is 4.52. The molecular formula is C27H27N5. The van der Waals surface area contributed by atoms with Gasteiger partial charge < -0.3 is 9.88 Å². The number of H-pyrrole nitrogens is 1. The first-order valence-electron chi connectivity index (χ1n) is 11.3. The van der Waals surface area contributed by atoms with Crippen LogP contribution in [0.1, 0.15) is 17.5 Å². The van der Waals surface area contributed by atoms with E-state index >= 15 is 0 Å². The van der Waals surface area contributed by atoms with Gasteiger partial charge in [-0.15, -0.1) is 0 Å². The number of pyridine rings is 1. The van der Waals surface area contributed by atoms with Gasteiger partial charge in [0, 0.05) is 55.0 Å². The summed E-state index contributed by atoms with van der Waals surface area (Å²) in [6.45, 7) is 5.24. The molecule has 0 aliphatic carbocycles. The largest absolute Gasteiger partial charge is 0.361 e. The van der Waals surface area contributed by atoms with E-state index in [2.05, 4.69) is 63.4 Å². The first-order chi connectivity index (χ1) is 15.8. The fourth-order valence-electron chi connectivity index (χ4n) is 4.52. The van der Waals surface area contributed by atoms with Crippen molar-refractivity contribution in [3.63, 3.8) is 0 Å². The number of anilines is 1. The Balaban J connectivity index is 1.12. The Morgan fingerprint density at radius 1 is 0.938 bits per heavy atom. The minimum Gasteiger partial charge on any atom is -0.361 e. The third-order valence-corrected chi connectivity index (χ3v) is 6.37. The molecule has 1 N–H and O–H groups in total. The molecule has 160 valence electrons. The van der Waals surface area contributed by atoms with Gasteiger partial charge in [-0.3, -0.25) is 4.90 Å². The van der Waals surface area contributed by atoms with Crippen LogP contribution in [0.5, 0.6) is 0 Å². The molecular weight excluding hydrogens is 394 g/mol. The van der Waals surface area contributed by atoms with Crippen molar-refractivity contribution in [1.29, 1.82) is 5.26 Å². The van der Waals surface area contributed by atoms with Crippen LogP contribution in [0.25, 0.3) is 22.0 Å². The second-order valence-electron chi connectivity index (χ2n) is 8.39. The lowest BCUT2D eigenvalue weighted by molar-refractivity contribution is 0.254. The summed E-state index contributed by atoms with van der Waals surface area (Å²) in [7, 11) is 0. The van der Waals surface area contributed by atoms with E-state index in [0.717, 1.165) is 68.0 Å². The first kappa shape index (κ1) is 20.3. The van der Waals surface area contributed by atoms with E-state index in [4.69, 9.17) is 10.2 Å². The van der Waals surface area contributed by atoms with Gasteiger partial charge in [0.2, 0.25) is 0 Å². The van der Waals surface area contributed by atoms with E-state index < -0.39 is 0 Å². The Morgan fingerprint density at radius 3 is 2.53 bits per heavy atom. The Bertz CT molecular complexity index is 1210. The second-order valence-corrected chi connectivity index (χ2v) is 8.39. The topological polar surface area (TPSA) is 59.0 Å². The van der Waals surface area contributed by atoms with Crippen LogP contribution in [-0.2, 0) is 6.42 Å². The number of fused-ring (bicyclic) bond motifs is 1. The highest BCUT2D eigenvalue weighted by Gasteiger charge is 2.18. The van der Waals surface area contributed by atoms with Gasteiger partial charge >= 0.3 is 0 Å². The average molecular weight is 422 g/mol. The normalized spacial score (nSPS) is 14.5. The van der Waals surface area contributed by atoms with Gasteiger partial charge in [-0.1, -0.05) is 30.3 Å². The monoisotopic (exact) mass is 421 g/mol. The molecule has 1 aliphatic heterocycles. The highest BCUT2D eigenvalue weighted by molar-refractivity contribution is 5.84. The molecule has 0 bridgehead atoms. The number of hydrogen-bond donors (Lipinski definition) is 1. The molecule has 32 heavy (non-hydrogen) atoms. The molecule has 5 rings (SSSR count). The lowest BCUT2D eigenvalue weighted by Gasteiger charge is -2.35. The SMILES string of the molecule is N#Cc1ccc2[nH]cc(CCCN3CCN(c4ccc(-c5ccccc5)cn4)CC3)c2c1. The molecule has 2 aromatic carbocycles. The zero-order valence-corrected chi connectivity index (χ0v) is 18.2. The van der Waals surface area contributed by atoms with E-state index in [1.807, 2.05) is 30.5 Å². The number of hydrogen-bond acceptors (Lipinski definition) is 4. The lowest BCUT2D eigenvalue weighted by atomic mass is 10.1. The standard InChI is InChI=1S/C27H27N5/c28-18-21-8-10-26-25(17-21)24(20-29-26)7-4-12-31-13-15-32(16-14-31)27-11-9-23(19-30-27)22-5-2-1-3-6-22/h1-3,5-6,8-11,17,19-20,29H,4,7,12-16H2. The molecule has 3 heterocycles. The van der Waals surface area contributed by atoms with Gasteiger partial charge in [-0.05, 0) is 60.8 Å². The number of aromatic nitrogens is 2. The molecule has 2 aromatic heterocycles. The zero-order valence-electron chi connectivity index (χ0n) is 18.2. The van der Waals surface area contributed by atoms with Crippen molar-refractivity contribution in [3.8, 4) is 17.2 Å². The first-order valence-corrected chi connectivity index (χ1v) is 11.3. The molecule has 1 saturated heterocycles. The average Bonchev–Trinajstić information content (AvgIpc) is 3.27. The van der Waals surface area contributed by atoms with Gasteiger partial charge in [0.25, 0.3) is 0 Å². The van der Waals surface area contributed by atoms with E-state index in [1.165, 1.54) is 16.5 Å². The summed E-state index contributed by atoms with van der Waals surface area (Å²) in [5, 5.41) is 10.3. The predicted octanol–water partition coefficient (Wildman–Crippen LogP) is 4.86. The molecule has 0 atom stereocenters. The molecule has 0 saturated carbocycles. The van der Waals surface area contributed by atoms with Gasteiger partial charge in [-0.2, -0.15) is 5.26 Å². The summed E-state index contributed by atoms with van der Waals surface area (Å²) in [4.78, 5) is 13.0. The van der Waals surface area contributed by atoms with E-state index in [0.29, 0.717) is 0 Å². The number of aromatic amines is 1. The third-order valence-electron chi connectivity index (χ3n) is 6.37. The minimum atomic E-state index is 0.722. The summed E-state index contributed by atoms with van der Waals surface area (Å²) in [6, 6.07) is 22.8. The van der Waals surface area contributed by atoms with Gasteiger partial charge in [0.05, 0.1) is 11.6 Å². The van der Waals surface area contributed by atoms with E-state index in [9.17, 15) is 0 Å². The van der Waals surface area contributed by atoms with Crippen molar-refractivity contribution in [2.75, 3.05) is 37.6 Å². The van der Waals surface area contributed by atoms with Crippen LogP contribution in [0.2, 0.25) is 0 Å². The van der Waals surface area contributed by atoms with Crippen molar-refractivity contribution in [2.24, 2.45) is 0 Å². The molecule has 5 heteroatoms. The molecule has 1 aliphatic rings. The number of piperazine rings is 1. The molecule has 4 aromatic rings. The highest BCUT2D eigenvalue weighted by Crippen LogP contribution is 2.23. The van der Waals surface area contributed by atoms with Crippen LogP contribution in [0.15, 0.2) is 73.1 Å². The van der Waals surface area contributed by atoms with Crippen LogP contribution in [0.3, 0.4) is 0 Å². The van der Waals surface area contributed by atoms with Crippen molar-refractivity contribution in [3.05, 3.63) is 84.2 Å². The Labute approximate surface area is 188 Å². The minimum absolute atomic E-state index is 0.722. The number of nitriles is 1. The second kappa shape index (κ2) is 9.25. The summed E-state index contributed by atoms with van der Waals surface area (Å²) in [5.41, 5.74) is 5.50. The van der Waals surface area contributed by atoms with Crippen molar-refractivity contribution in [1.82, 2.24) is 14.9 Å². The molecule has 1 fully saturated rings. The van der Waals surface area contributed by atoms with Crippen molar-refractivity contribution in [2.45, 2.75) is 12.8 Å². The Morgan fingerprint density at radius 2 is 1.78 bits per heavy atom. The fraction of sp³-hybridized carbons (Fsp3) is 0.259. The summed E-state index contributed by atoms with van der Waals surface area (Å²) in [5.74, 6) is 1.07. The van der Waals surface area contributed by atoms with Crippen LogP contribution in [0.4, 0.5) is 5.82 Å². The quantitative estimate of drug-likeness (QED) is 0.483. The number of rotatable bonds is 6. The number of aryl methyl sites for hydroxylation is 1. The zero-order chi connectivity index (χ0) is 21.8. The molecule has 0 spiro atoms. The van der Waals surface area contributed by atoms with Gasteiger partial charge in [-0.25, -0.2) is 4.98 Å². The maximum atomic E-state index is 9.17. The smallest absolute Gasteiger partial charge is 0.128 e. The number of nitrogens with one attached hydrogen (secondary N) is 1. The molecule has 0 unspecified atom stereocenters.